The molecule has 5 heteroatoms. The normalized spacial score (nSPS) is 11.4. The van der Waals surface area contributed by atoms with E-state index in [4.69, 9.17) is 0 Å². The lowest BCUT2D eigenvalue weighted by atomic mass is 10.2. The van der Waals surface area contributed by atoms with Crippen LogP contribution in [0.4, 0.5) is 0 Å². The maximum atomic E-state index is 11.6. The lowest BCUT2D eigenvalue weighted by Gasteiger charge is -2.05. The number of hydrogen-bond acceptors (Lipinski definition) is 4. The summed E-state index contributed by atoms with van der Waals surface area (Å²) in [6.45, 7) is 4.03. The molecule has 0 saturated heterocycles. The third kappa shape index (κ3) is 4.28. The molecule has 0 atom stereocenters. The smallest absolute Gasteiger partial charge is 0.178 e. The van der Waals surface area contributed by atoms with Gasteiger partial charge in [-0.3, -0.25) is 4.79 Å². The predicted octanol–water partition coefficient (Wildman–Crippen LogP) is 1.16. The fourth-order valence-corrected chi connectivity index (χ4v) is 2.25. The molecule has 1 rings (SSSR count). The van der Waals surface area contributed by atoms with E-state index in [0.717, 1.165) is 5.56 Å². The lowest BCUT2D eigenvalue weighted by molar-refractivity contribution is -0.116. The van der Waals surface area contributed by atoms with E-state index < -0.39 is 9.84 Å². The van der Waals surface area contributed by atoms with Gasteiger partial charge < -0.3 is 5.32 Å². The Balaban J connectivity index is 2.66. The molecule has 17 heavy (non-hydrogen) atoms. The summed E-state index contributed by atoms with van der Waals surface area (Å²) in [5, 5.41) is 2.97. The van der Waals surface area contributed by atoms with Crippen molar-refractivity contribution in [3.05, 3.63) is 29.8 Å². The number of Topliss-reactive ketones (excluding diaryl/α,β-unsaturated/α-hetero) is 1. The highest BCUT2D eigenvalue weighted by Crippen LogP contribution is 2.12. The number of nitrogens with one attached hydrogen (secondary N) is 1. The topological polar surface area (TPSA) is 63.2 Å². The van der Waals surface area contributed by atoms with Gasteiger partial charge in [0.25, 0.3) is 0 Å². The molecule has 0 radical (unpaired) electrons. The molecule has 0 aromatic heterocycles. The molecule has 0 unspecified atom stereocenters. The molecule has 1 aromatic rings. The molecule has 0 aliphatic carbocycles. The molecule has 0 aliphatic rings. The van der Waals surface area contributed by atoms with Crippen LogP contribution in [0.5, 0.6) is 0 Å². The number of carbonyl (C=O) groups is 1. The Labute approximate surface area is 102 Å². The van der Waals surface area contributed by atoms with Gasteiger partial charge in [0.15, 0.2) is 9.84 Å². The molecule has 0 aliphatic heterocycles. The average Bonchev–Trinajstić information content (AvgIpc) is 2.29. The second-order valence-corrected chi connectivity index (χ2v) is 6.13. The molecule has 0 fully saturated rings. The van der Waals surface area contributed by atoms with Gasteiger partial charge >= 0.3 is 0 Å². The summed E-state index contributed by atoms with van der Waals surface area (Å²) in [7, 11) is -3.12. The SMILES string of the molecule is CCS(=O)(=O)c1ccc(CNCC(C)=O)cc1. The third-order valence-corrected chi connectivity index (χ3v) is 4.12. The zero-order chi connectivity index (χ0) is 12.9. The molecule has 94 valence electrons. The van der Waals surface area contributed by atoms with E-state index in [2.05, 4.69) is 5.32 Å². The van der Waals surface area contributed by atoms with Gasteiger partial charge in [-0.2, -0.15) is 0 Å². The molecule has 1 aromatic carbocycles. The Morgan fingerprint density at radius 2 is 1.82 bits per heavy atom. The minimum absolute atomic E-state index is 0.0789. The van der Waals surface area contributed by atoms with E-state index in [1.165, 1.54) is 6.92 Å². The van der Waals surface area contributed by atoms with Crippen molar-refractivity contribution < 1.29 is 13.2 Å². The zero-order valence-electron chi connectivity index (χ0n) is 10.1. The summed E-state index contributed by atoms with van der Waals surface area (Å²) in [4.78, 5) is 11.1. The van der Waals surface area contributed by atoms with Crippen LogP contribution < -0.4 is 5.32 Å². The van der Waals surface area contributed by atoms with Crippen molar-refractivity contribution in [2.24, 2.45) is 0 Å². The van der Waals surface area contributed by atoms with Crippen molar-refractivity contribution >= 4 is 15.6 Å². The summed E-state index contributed by atoms with van der Waals surface area (Å²) < 4.78 is 23.1. The number of ketones is 1. The second-order valence-electron chi connectivity index (χ2n) is 3.85. The Hall–Kier alpha value is -1.20. The quantitative estimate of drug-likeness (QED) is 0.828. The first kappa shape index (κ1) is 13.9. The highest BCUT2D eigenvalue weighted by Gasteiger charge is 2.10. The van der Waals surface area contributed by atoms with Gasteiger partial charge in [-0.05, 0) is 24.6 Å². The van der Waals surface area contributed by atoms with Gasteiger partial charge in [0.05, 0.1) is 17.2 Å². The summed E-state index contributed by atoms with van der Waals surface area (Å²) in [5.74, 6) is 0.185. The van der Waals surface area contributed by atoms with Crippen LogP contribution in [-0.4, -0.2) is 26.5 Å². The van der Waals surface area contributed by atoms with Gasteiger partial charge in [-0.15, -0.1) is 0 Å². The van der Waals surface area contributed by atoms with Crippen molar-refractivity contribution in [1.82, 2.24) is 5.32 Å². The van der Waals surface area contributed by atoms with E-state index in [1.807, 2.05) is 0 Å². The Morgan fingerprint density at radius 3 is 2.29 bits per heavy atom. The maximum absolute atomic E-state index is 11.6. The summed E-state index contributed by atoms with van der Waals surface area (Å²) >= 11 is 0. The van der Waals surface area contributed by atoms with Crippen LogP contribution in [0.25, 0.3) is 0 Å². The number of hydrogen-bond donors (Lipinski definition) is 1. The third-order valence-electron chi connectivity index (χ3n) is 2.37. The Kier molecular flexibility index (Phi) is 4.84. The van der Waals surface area contributed by atoms with Crippen LogP contribution in [0.1, 0.15) is 19.4 Å². The van der Waals surface area contributed by atoms with Crippen LogP contribution in [0.3, 0.4) is 0 Å². The van der Waals surface area contributed by atoms with Crippen molar-refractivity contribution in [3.63, 3.8) is 0 Å². The Morgan fingerprint density at radius 1 is 1.24 bits per heavy atom. The first-order valence-electron chi connectivity index (χ1n) is 5.47. The minimum atomic E-state index is -3.12. The van der Waals surface area contributed by atoms with Crippen molar-refractivity contribution in [2.45, 2.75) is 25.3 Å². The number of benzene rings is 1. The van der Waals surface area contributed by atoms with Crippen molar-refractivity contribution in [1.29, 1.82) is 0 Å². The highest BCUT2D eigenvalue weighted by molar-refractivity contribution is 7.91. The van der Waals surface area contributed by atoms with Gasteiger partial charge in [0, 0.05) is 6.54 Å². The molecule has 0 amide bonds. The molecule has 0 heterocycles. The standard InChI is InChI=1S/C12H17NO3S/c1-3-17(15,16)12-6-4-11(5-7-12)9-13-8-10(2)14/h4-7,13H,3,8-9H2,1-2H3. The first-order valence-corrected chi connectivity index (χ1v) is 7.13. The van der Waals surface area contributed by atoms with Crippen LogP contribution >= 0.6 is 0 Å². The fraction of sp³-hybridized carbons (Fsp3) is 0.417. The number of sulfone groups is 1. The number of rotatable bonds is 6. The lowest BCUT2D eigenvalue weighted by Crippen LogP contribution is -2.20. The number of carbonyl (C=O) groups excluding carboxylic acids is 1. The van der Waals surface area contributed by atoms with Crippen LogP contribution in [0.15, 0.2) is 29.2 Å². The van der Waals surface area contributed by atoms with Crippen molar-refractivity contribution in [3.8, 4) is 0 Å². The van der Waals surface area contributed by atoms with E-state index in [-0.39, 0.29) is 11.5 Å². The maximum Gasteiger partial charge on any atom is 0.178 e. The zero-order valence-corrected chi connectivity index (χ0v) is 10.9. The summed E-state index contributed by atoms with van der Waals surface area (Å²) in [6.07, 6.45) is 0. The second kappa shape index (κ2) is 5.93. The molecular weight excluding hydrogens is 238 g/mol. The molecule has 0 saturated carbocycles. The molecule has 0 spiro atoms. The largest absolute Gasteiger partial charge is 0.306 e. The van der Waals surface area contributed by atoms with Crippen LogP contribution in [0, 0.1) is 0 Å². The van der Waals surface area contributed by atoms with Crippen LogP contribution in [-0.2, 0) is 21.2 Å². The summed E-state index contributed by atoms with van der Waals surface area (Å²) in [5.41, 5.74) is 0.960. The molecule has 1 N–H and O–H groups in total. The van der Waals surface area contributed by atoms with Crippen LogP contribution in [0.2, 0.25) is 0 Å². The highest BCUT2D eigenvalue weighted by atomic mass is 32.2. The van der Waals surface area contributed by atoms with E-state index in [0.29, 0.717) is 18.0 Å². The van der Waals surface area contributed by atoms with E-state index in [9.17, 15) is 13.2 Å². The van der Waals surface area contributed by atoms with Gasteiger partial charge in [-0.1, -0.05) is 19.1 Å². The monoisotopic (exact) mass is 255 g/mol. The first-order chi connectivity index (χ1) is 7.95. The molecule has 4 nitrogen and oxygen atoms in total. The molecular formula is C12H17NO3S. The summed E-state index contributed by atoms with van der Waals surface area (Å²) in [6, 6.07) is 6.72. The Bertz CT molecular complexity index is 477. The van der Waals surface area contributed by atoms with Gasteiger partial charge in [0.2, 0.25) is 0 Å². The van der Waals surface area contributed by atoms with Gasteiger partial charge in [-0.25, -0.2) is 8.42 Å². The van der Waals surface area contributed by atoms with Gasteiger partial charge in [0.1, 0.15) is 5.78 Å². The predicted molar refractivity (Wildman–Crippen MR) is 66.6 cm³/mol. The average molecular weight is 255 g/mol. The minimum Gasteiger partial charge on any atom is -0.306 e. The van der Waals surface area contributed by atoms with E-state index in [1.54, 1.807) is 31.2 Å². The molecule has 0 bridgehead atoms. The van der Waals surface area contributed by atoms with Crippen molar-refractivity contribution in [2.75, 3.05) is 12.3 Å². The fourth-order valence-electron chi connectivity index (χ4n) is 1.36. The van der Waals surface area contributed by atoms with E-state index >= 15 is 0 Å².